The highest BCUT2D eigenvalue weighted by Crippen LogP contribution is 2.38. The molecule has 0 aromatic rings. The van der Waals surface area contributed by atoms with Gasteiger partial charge >= 0.3 is 0 Å². The Hall–Kier alpha value is -1.80. The van der Waals surface area contributed by atoms with Crippen LogP contribution < -0.4 is 10.2 Å². The maximum Gasteiger partial charge on any atom is 0.268 e. The molecule has 1 amide bonds. The molecule has 0 saturated carbocycles. The first-order valence-electron chi connectivity index (χ1n) is 32.1. The smallest absolute Gasteiger partial charge is 0.268 e. The topological polar surface area (TPSA) is 108 Å². The Morgan fingerprint density at radius 3 is 1.19 bits per heavy atom. The van der Waals surface area contributed by atoms with Gasteiger partial charge in [-0.15, -0.1) is 0 Å². The minimum absolute atomic E-state index is 0.0134. The molecule has 0 aliphatic heterocycles. The maximum atomic E-state index is 13.0. The van der Waals surface area contributed by atoms with Crippen LogP contribution in [0.2, 0.25) is 0 Å². The summed E-state index contributed by atoms with van der Waals surface area (Å²) in [4.78, 5) is 25.5. The van der Waals surface area contributed by atoms with E-state index in [0.717, 1.165) is 70.6 Å². The maximum absolute atomic E-state index is 13.0. The molecule has 0 spiro atoms. The van der Waals surface area contributed by atoms with Crippen LogP contribution in [0.4, 0.5) is 0 Å². The third-order valence-corrected chi connectivity index (χ3v) is 15.5. The molecule has 0 radical (unpaired) electrons. The molecule has 0 fully saturated rings. The van der Waals surface area contributed by atoms with E-state index >= 15 is 0 Å². The van der Waals surface area contributed by atoms with Gasteiger partial charge in [0.05, 0.1) is 39.9 Å². The number of aliphatic hydroxyl groups is 1. The number of hydrogen-bond donors (Lipinski definition) is 2. The Bertz CT molecular complexity index is 1400. The normalized spacial score (nSPS) is 14.2. The molecule has 440 valence electrons. The van der Waals surface area contributed by atoms with Gasteiger partial charge in [-0.2, -0.15) is 0 Å². The molecule has 2 N–H and O–H groups in total. The quantitative estimate of drug-likeness (QED) is 0.0272. The average Bonchev–Trinajstić information content (AvgIpc) is 3.37. The Kier molecular flexibility index (Phi) is 55.5. The van der Waals surface area contributed by atoms with E-state index in [1.807, 2.05) is 21.1 Å². The second kappa shape index (κ2) is 56.9. The van der Waals surface area contributed by atoms with E-state index in [1.54, 1.807) is 0 Å². The fourth-order valence-electron chi connectivity index (χ4n) is 9.54. The number of nitrogens with one attached hydrogen (secondary N) is 1. The zero-order valence-corrected chi connectivity index (χ0v) is 51.1. The number of amides is 1. The Balaban J connectivity index is 3.88. The van der Waals surface area contributed by atoms with Gasteiger partial charge in [0, 0.05) is 6.42 Å². The van der Waals surface area contributed by atoms with E-state index in [1.165, 1.54) is 205 Å². The van der Waals surface area contributed by atoms with E-state index in [-0.39, 0.29) is 19.1 Å². The van der Waals surface area contributed by atoms with Gasteiger partial charge in [0.15, 0.2) is 0 Å². The summed E-state index contributed by atoms with van der Waals surface area (Å²) >= 11 is 0. The molecule has 0 aliphatic rings. The Labute approximate surface area is 466 Å². The molecule has 0 aromatic heterocycles. The van der Waals surface area contributed by atoms with Crippen molar-refractivity contribution in [2.75, 3.05) is 40.9 Å². The summed E-state index contributed by atoms with van der Waals surface area (Å²) in [5, 5.41) is 14.0. The first-order valence-corrected chi connectivity index (χ1v) is 33.6. The SMILES string of the molecule is CC/C=C\C/C=C\C/C=C\C/C=C\C/C=C\CCCCCCCCCCCCCCCCCCCCCCCCCC(=O)NC(COP(=O)([O-])OCC[N+](C)(C)C)C(O)CCCCCCCCCCCCCCCC. The van der Waals surface area contributed by atoms with Crippen LogP contribution in [0, 0.1) is 0 Å². The van der Waals surface area contributed by atoms with Gasteiger partial charge in [-0.1, -0.05) is 299 Å². The number of hydrogen-bond acceptors (Lipinski definition) is 6. The molecular weight excluding hydrogens is 948 g/mol. The third-order valence-electron chi connectivity index (χ3n) is 14.5. The van der Waals surface area contributed by atoms with Crippen LogP contribution in [0.3, 0.4) is 0 Å². The minimum atomic E-state index is -4.57. The summed E-state index contributed by atoms with van der Waals surface area (Å²) in [5.74, 6) is -0.160. The molecule has 0 rings (SSSR count). The highest BCUT2D eigenvalue weighted by molar-refractivity contribution is 7.45. The lowest BCUT2D eigenvalue weighted by atomic mass is 10.0. The minimum Gasteiger partial charge on any atom is -0.756 e. The van der Waals surface area contributed by atoms with E-state index in [4.69, 9.17) is 9.05 Å². The summed E-state index contributed by atoms with van der Waals surface area (Å²) in [6.07, 6.45) is 77.2. The van der Waals surface area contributed by atoms with Gasteiger partial charge in [0.2, 0.25) is 5.91 Å². The molecule has 8 nitrogen and oxygen atoms in total. The summed E-state index contributed by atoms with van der Waals surface area (Å²) in [6.45, 7) is 4.63. The Morgan fingerprint density at radius 1 is 0.480 bits per heavy atom. The number of aliphatic hydroxyl groups excluding tert-OH is 1. The van der Waals surface area contributed by atoms with Gasteiger partial charge in [-0.25, -0.2) is 0 Å². The molecule has 75 heavy (non-hydrogen) atoms. The van der Waals surface area contributed by atoms with E-state index < -0.39 is 20.0 Å². The van der Waals surface area contributed by atoms with Crippen LogP contribution in [0.1, 0.15) is 303 Å². The van der Waals surface area contributed by atoms with Crippen molar-refractivity contribution >= 4 is 13.7 Å². The number of carbonyl (C=O) groups is 1. The zero-order chi connectivity index (χ0) is 54.9. The van der Waals surface area contributed by atoms with Gasteiger partial charge in [0.25, 0.3) is 7.82 Å². The van der Waals surface area contributed by atoms with Gasteiger partial charge in [-0.3, -0.25) is 9.36 Å². The summed E-state index contributed by atoms with van der Waals surface area (Å²) in [6, 6.07) is -0.799. The largest absolute Gasteiger partial charge is 0.756 e. The third kappa shape index (κ3) is 59.7. The van der Waals surface area contributed by atoms with Crippen LogP contribution in [0.25, 0.3) is 0 Å². The van der Waals surface area contributed by atoms with Crippen LogP contribution in [0.5, 0.6) is 0 Å². The zero-order valence-electron chi connectivity index (χ0n) is 50.3. The summed E-state index contributed by atoms with van der Waals surface area (Å²) < 4.78 is 23.4. The highest BCUT2D eigenvalue weighted by Gasteiger charge is 2.24. The fourth-order valence-corrected chi connectivity index (χ4v) is 10.3. The number of likely N-dealkylation sites (N-methyl/N-ethyl adjacent to an activating group) is 1. The molecule has 0 bridgehead atoms. The number of unbranched alkanes of at least 4 members (excludes halogenated alkanes) is 36. The number of phosphoric acid groups is 1. The van der Waals surface area contributed by atoms with Crippen molar-refractivity contribution in [3.8, 4) is 0 Å². The predicted octanol–water partition coefficient (Wildman–Crippen LogP) is 19.4. The van der Waals surface area contributed by atoms with Crippen LogP contribution in [0.15, 0.2) is 60.8 Å². The number of carbonyl (C=O) groups excluding carboxylic acids is 1. The number of allylic oxidation sites excluding steroid dienone is 10. The van der Waals surface area contributed by atoms with Gasteiger partial charge in [0.1, 0.15) is 13.2 Å². The van der Waals surface area contributed by atoms with Crippen molar-refractivity contribution in [1.29, 1.82) is 0 Å². The predicted molar refractivity (Wildman–Crippen MR) is 325 cm³/mol. The monoisotopic (exact) mass is 1070 g/mol. The first kappa shape index (κ1) is 73.2. The lowest BCUT2D eigenvalue weighted by molar-refractivity contribution is -0.870. The van der Waals surface area contributed by atoms with Gasteiger partial charge < -0.3 is 28.8 Å². The summed E-state index contributed by atoms with van der Waals surface area (Å²) in [7, 11) is 1.31. The molecule has 3 atom stereocenters. The summed E-state index contributed by atoms with van der Waals surface area (Å²) in [5.41, 5.74) is 0. The number of rotatable bonds is 59. The fraction of sp³-hybridized carbons (Fsp3) is 0.833. The standard InChI is InChI=1S/C66H125N2O6P/c1-6-8-10-12-14-16-18-20-22-23-24-25-26-27-28-29-30-31-32-33-34-35-36-37-38-39-40-41-42-43-44-45-46-48-50-52-54-56-58-60-66(70)67-64(63-74-75(71,72)73-62-61-68(3,4)5)65(69)59-57-55-53-51-49-47-21-19-17-15-13-11-9-7-2/h8,10,14,16,20,22,24-25,27-28,64-65,69H,6-7,9,11-13,15,17-19,21,23,26,29-63H2,1-5H3,(H-,67,70,71,72)/b10-8-,16-14-,22-20-,25-24-,28-27-. The number of phosphoric ester groups is 1. The molecule has 3 unspecified atom stereocenters. The highest BCUT2D eigenvalue weighted by atomic mass is 31.2. The number of nitrogens with zero attached hydrogens (tertiary/aromatic N) is 1. The molecule has 0 aliphatic carbocycles. The lowest BCUT2D eigenvalue weighted by Crippen LogP contribution is -2.46. The molecule has 0 heterocycles. The van der Waals surface area contributed by atoms with E-state index in [0.29, 0.717) is 23.9 Å². The number of quaternary nitrogens is 1. The van der Waals surface area contributed by atoms with Crippen LogP contribution in [-0.2, 0) is 18.4 Å². The van der Waals surface area contributed by atoms with E-state index in [2.05, 4.69) is 79.9 Å². The lowest BCUT2D eigenvalue weighted by Gasteiger charge is -2.30. The molecule has 0 saturated heterocycles. The van der Waals surface area contributed by atoms with Crippen LogP contribution >= 0.6 is 7.82 Å². The molecular formula is C66H125N2O6P. The van der Waals surface area contributed by atoms with E-state index in [9.17, 15) is 19.4 Å². The van der Waals surface area contributed by atoms with Crippen molar-refractivity contribution in [2.45, 2.75) is 315 Å². The Morgan fingerprint density at radius 2 is 0.813 bits per heavy atom. The van der Waals surface area contributed by atoms with Crippen molar-refractivity contribution in [2.24, 2.45) is 0 Å². The first-order chi connectivity index (χ1) is 36.5. The second-order valence-electron chi connectivity index (χ2n) is 23.1. The molecule has 0 aromatic carbocycles. The van der Waals surface area contributed by atoms with Crippen molar-refractivity contribution in [3.05, 3.63) is 60.8 Å². The second-order valence-corrected chi connectivity index (χ2v) is 24.5. The van der Waals surface area contributed by atoms with Gasteiger partial charge in [-0.05, 0) is 57.8 Å². The molecule has 9 heteroatoms. The van der Waals surface area contributed by atoms with Crippen LogP contribution in [-0.4, -0.2) is 68.5 Å². The average molecular weight is 1070 g/mol. The van der Waals surface area contributed by atoms with Crippen molar-refractivity contribution < 1.29 is 32.9 Å². The van der Waals surface area contributed by atoms with Crippen molar-refractivity contribution in [3.63, 3.8) is 0 Å². The van der Waals surface area contributed by atoms with Crippen molar-refractivity contribution in [1.82, 2.24) is 5.32 Å².